The molecule has 2 N–H and O–H groups in total. The number of allylic oxidation sites excluding steroid dienone is 3. The van der Waals surface area contributed by atoms with Gasteiger partial charge < -0.3 is 10.6 Å². The number of nitrogens with one attached hydrogen (secondary N) is 2. The molecule has 1 atom stereocenters. The Morgan fingerprint density at radius 2 is 2.39 bits per heavy atom. The fourth-order valence-corrected chi connectivity index (χ4v) is 1.98. The molecule has 0 aliphatic carbocycles. The molecule has 1 rings (SSSR count). The number of amides is 1. The maximum atomic E-state index is 11.8. The summed E-state index contributed by atoms with van der Waals surface area (Å²) in [5.41, 5.74) is 1.02. The summed E-state index contributed by atoms with van der Waals surface area (Å²) < 4.78 is 11.8. The number of rotatable bonds is 7. The second kappa shape index (κ2) is 8.86. The topological polar surface area (TPSA) is 41.1 Å². The van der Waals surface area contributed by atoms with E-state index in [-0.39, 0.29) is 5.91 Å². The third-order valence-corrected chi connectivity index (χ3v) is 3.05. The second-order valence-electron chi connectivity index (χ2n) is 4.70. The fourth-order valence-electron chi connectivity index (χ4n) is 1.98. The maximum absolute atomic E-state index is 11.8. The Labute approximate surface area is 109 Å². The SMILES string of the molecule is C/C(=C\C=C/CF)CNC(=O)CCC1CCCN1. The predicted octanol–water partition coefficient (Wildman–Crippen LogP) is 2.11. The van der Waals surface area contributed by atoms with E-state index in [1.165, 1.54) is 18.9 Å². The molecule has 1 aliphatic rings. The second-order valence-corrected chi connectivity index (χ2v) is 4.70. The van der Waals surface area contributed by atoms with E-state index in [2.05, 4.69) is 10.6 Å². The van der Waals surface area contributed by atoms with Crippen molar-refractivity contribution in [2.75, 3.05) is 19.8 Å². The summed E-state index contributed by atoms with van der Waals surface area (Å²) in [5, 5.41) is 6.25. The Morgan fingerprint density at radius 3 is 3.06 bits per heavy atom. The van der Waals surface area contributed by atoms with Gasteiger partial charge in [-0.25, -0.2) is 4.39 Å². The van der Waals surface area contributed by atoms with Crippen LogP contribution in [0.5, 0.6) is 0 Å². The van der Waals surface area contributed by atoms with Gasteiger partial charge in [-0.2, -0.15) is 0 Å². The van der Waals surface area contributed by atoms with Gasteiger partial charge in [0.25, 0.3) is 0 Å². The van der Waals surface area contributed by atoms with Gasteiger partial charge in [-0.05, 0) is 32.7 Å². The first-order valence-corrected chi connectivity index (χ1v) is 6.60. The van der Waals surface area contributed by atoms with E-state index in [0.717, 1.165) is 18.5 Å². The van der Waals surface area contributed by atoms with Crippen LogP contribution in [0.3, 0.4) is 0 Å². The van der Waals surface area contributed by atoms with Crippen LogP contribution in [0, 0.1) is 0 Å². The molecule has 0 radical (unpaired) electrons. The minimum Gasteiger partial charge on any atom is -0.352 e. The van der Waals surface area contributed by atoms with Crippen molar-refractivity contribution < 1.29 is 9.18 Å². The lowest BCUT2D eigenvalue weighted by Crippen LogP contribution is -2.28. The molecule has 0 bridgehead atoms. The van der Waals surface area contributed by atoms with Crippen molar-refractivity contribution in [2.24, 2.45) is 0 Å². The molecule has 1 saturated heterocycles. The van der Waals surface area contributed by atoms with Crippen LogP contribution >= 0.6 is 0 Å². The molecule has 0 aromatic carbocycles. The molecule has 1 amide bonds. The number of carbonyl (C=O) groups is 1. The van der Waals surface area contributed by atoms with Crippen LogP contribution in [0.25, 0.3) is 0 Å². The molecule has 0 aromatic heterocycles. The number of carbonyl (C=O) groups excluding carboxylic acids is 1. The van der Waals surface area contributed by atoms with Gasteiger partial charge in [0.1, 0.15) is 6.67 Å². The summed E-state index contributed by atoms with van der Waals surface area (Å²) in [6.45, 7) is 3.08. The summed E-state index contributed by atoms with van der Waals surface area (Å²) in [6, 6.07) is 0.514. The van der Waals surface area contributed by atoms with Crippen LogP contribution in [0.15, 0.2) is 23.8 Å². The van der Waals surface area contributed by atoms with Crippen molar-refractivity contribution >= 4 is 5.91 Å². The first-order valence-electron chi connectivity index (χ1n) is 6.60. The molecule has 0 spiro atoms. The van der Waals surface area contributed by atoms with Crippen LogP contribution in [0.4, 0.5) is 4.39 Å². The van der Waals surface area contributed by atoms with Gasteiger partial charge in [0.2, 0.25) is 5.91 Å². The van der Waals surface area contributed by atoms with Crippen LogP contribution in [0.1, 0.15) is 32.6 Å². The highest BCUT2D eigenvalue weighted by Gasteiger charge is 2.14. The minimum atomic E-state index is -0.454. The molecule has 18 heavy (non-hydrogen) atoms. The highest BCUT2D eigenvalue weighted by molar-refractivity contribution is 5.76. The Balaban J connectivity index is 2.12. The average Bonchev–Trinajstić information content (AvgIpc) is 2.87. The van der Waals surface area contributed by atoms with E-state index >= 15 is 0 Å². The summed E-state index contributed by atoms with van der Waals surface area (Å²) in [6.07, 6.45) is 8.82. The summed E-state index contributed by atoms with van der Waals surface area (Å²) in [4.78, 5) is 11.6. The molecule has 4 heteroatoms. The Hall–Kier alpha value is -1.16. The molecule has 1 aliphatic heterocycles. The lowest BCUT2D eigenvalue weighted by molar-refractivity contribution is -0.121. The van der Waals surface area contributed by atoms with Crippen molar-refractivity contribution in [1.29, 1.82) is 0 Å². The number of hydrogen-bond acceptors (Lipinski definition) is 2. The molecule has 102 valence electrons. The predicted molar refractivity (Wildman–Crippen MR) is 72.1 cm³/mol. The smallest absolute Gasteiger partial charge is 0.220 e. The maximum Gasteiger partial charge on any atom is 0.220 e. The lowest BCUT2D eigenvalue weighted by Gasteiger charge is -2.10. The zero-order chi connectivity index (χ0) is 13.2. The quantitative estimate of drug-likeness (QED) is 0.683. The van der Waals surface area contributed by atoms with E-state index in [1.807, 2.05) is 13.0 Å². The average molecular weight is 254 g/mol. The summed E-state index contributed by atoms with van der Waals surface area (Å²) in [5.74, 6) is 0.0888. The highest BCUT2D eigenvalue weighted by Crippen LogP contribution is 2.10. The fraction of sp³-hybridized carbons (Fsp3) is 0.643. The van der Waals surface area contributed by atoms with Crippen LogP contribution < -0.4 is 10.6 Å². The first-order chi connectivity index (χ1) is 8.72. The van der Waals surface area contributed by atoms with Gasteiger partial charge in [0.15, 0.2) is 0 Å². The van der Waals surface area contributed by atoms with Crippen molar-refractivity contribution in [3.8, 4) is 0 Å². The molecule has 1 unspecified atom stereocenters. The number of alkyl halides is 1. The minimum absolute atomic E-state index is 0.0888. The van der Waals surface area contributed by atoms with Crippen molar-refractivity contribution in [3.63, 3.8) is 0 Å². The Bertz CT molecular complexity index is 307. The van der Waals surface area contributed by atoms with Crippen LogP contribution in [0.2, 0.25) is 0 Å². The van der Waals surface area contributed by atoms with Gasteiger partial charge in [0.05, 0.1) is 0 Å². The zero-order valence-corrected chi connectivity index (χ0v) is 11.0. The van der Waals surface area contributed by atoms with Crippen LogP contribution in [-0.4, -0.2) is 31.7 Å². The van der Waals surface area contributed by atoms with Gasteiger partial charge in [-0.15, -0.1) is 0 Å². The monoisotopic (exact) mass is 254 g/mol. The summed E-state index contributed by atoms with van der Waals surface area (Å²) >= 11 is 0. The Morgan fingerprint density at radius 1 is 1.56 bits per heavy atom. The van der Waals surface area contributed by atoms with Gasteiger partial charge >= 0.3 is 0 Å². The van der Waals surface area contributed by atoms with E-state index in [1.54, 1.807) is 6.08 Å². The largest absolute Gasteiger partial charge is 0.352 e. The standard InChI is InChI=1S/C14H23FN2O/c1-12(5-2-3-9-15)11-17-14(18)8-7-13-6-4-10-16-13/h2-3,5,13,16H,4,6-11H2,1H3,(H,17,18)/b3-2-,12-5+. The first kappa shape index (κ1) is 14.9. The Kier molecular flexibility index (Phi) is 7.34. The van der Waals surface area contributed by atoms with E-state index in [0.29, 0.717) is 19.0 Å². The van der Waals surface area contributed by atoms with Crippen LogP contribution in [-0.2, 0) is 4.79 Å². The van der Waals surface area contributed by atoms with E-state index < -0.39 is 6.67 Å². The zero-order valence-electron chi connectivity index (χ0n) is 11.0. The molecule has 1 fully saturated rings. The molecule has 0 aromatic rings. The lowest BCUT2D eigenvalue weighted by atomic mass is 10.1. The molecular weight excluding hydrogens is 231 g/mol. The summed E-state index contributed by atoms with van der Waals surface area (Å²) in [7, 11) is 0. The molecule has 1 heterocycles. The highest BCUT2D eigenvalue weighted by atomic mass is 19.1. The molecule has 3 nitrogen and oxygen atoms in total. The van der Waals surface area contributed by atoms with Crippen molar-refractivity contribution in [3.05, 3.63) is 23.8 Å². The molecule has 0 saturated carbocycles. The van der Waals surface area contributed by atoms with Gasteiger partial charge in [0, 0.05) is 19.0 Å². The van der Waals surface area contributed by atoms with Gasteiger partial charge in [-0.1, -0.05) is 23.8 Å². The molecular formula is C14H23FN2O. The van der Waals surface area contributed by atoms with E-state index in [4.69, 9.17) is 0 Å². The normalized spacial score (nSPS) is 20.6. The van der Waals surface area contributed by atoms with Crippen molar-refractivity contribution in [2.45, 2.75) is 38.6 Å². The number of hydrogen-bond donors (Lipinski definition) is 2. The van der Waals surface area contributed by atoms with Crippen molar-refractivity contribution in [1.82, 2.24) is 10.6 Å². The van der Waals surface area contributed by atoms with E-state index in [9.17, 15) is 9.18 Å². The van der Waals surface area contributed by atoms with Gasteiger partial charge in [-0.3, -0.25) is 4.79 Å². The third kappa shape index (κ3) is 6.55. The third-order valence-electron chi connectivity index (χ3n) is 3.05. The number of halogens is 1.